The van der Waals surface area contributed by atoms with E-state index in [9.17, 15) is 9.59 Å². The fourth-order valence-electron chi connectivity index (χ4n) is 2.98. The fraction of sp³-hybridized carbons (Fsp3) is 0.421. The predicted molar refractivity (Wildman–Crippen MR) is 98.9 cm³/mol. The highest BCUT2D eigenvalue weighted by molar-refractivity contribution is 6.03. The van der Waals surface area contributed by atoms with Gasteiger partial charge in [-0.25, -0.2) is 4.79 Å². The van der Waals surface area contributed by atoms with Crippen molar-refractivity contribution in [3.63, 3.8) is 0 Å². The van der Waals surface area contributed by atoms with Crippen LogP contribution >= 0.6 is 0 Å². The van der Waals surface area contributed by atoms with Gasteiger partial charge in [0, 0.05) is 36.5 Å². The molecule has 0 radical (unpaired) electrons. The minimum Gasteiger partial charge on any atom is -0.376 e. The smallest absolute Gasteiger partial charge is 0.319 e. The number of amides is 3. The Morgan fingerprint density at radius 2 is 1.81 bits per heavy atom. The van der Waals surface area contributed by atoms with Crippen molar-refractivity contribution < 1.29 is 18.8 Å². The summed E-state index contributed by atoms with van der Waals surface area (Å²) in [7, 11) is 0. The lowest BCUT2D eigenvalue weighted by Gasteiger charge is -2.12. The highest BCUT2D eigenvalue weighted by Crippen LogP contribution is 2.40. The van der Waals surface area contributed by atoms with Crippen LogP contribution < -0.4 is 16.0 Å². The highest BCUT2D eigenvalue weighted by atomic mass is 16.5. The van der Waals surface area contributed by atoms with E-state index in [0.717, 1.165) is 38.1 Å². The molecule has 0 spiro atoms. The summed E-state index contributed by atoms with van der Waals surface area (Å²) in [6.07, 6.45) is 4.29. The first kappa shape index (κ1) is 17.5. The average Bonchev–Trinajstić information content (AvgIpc) is 3.18. The monoisotopic (exact) mass is 370 g/mol. The number of anilines is 2. The summed E-state index contributed by atoms with van der Waals surface area (Å²) in [5.41, 5.74) is 1.52. The third-order valence-corrected chi connectivity index (χ3v) is 4.66. The van der Waals surface area contributed by atoms with Crippen LogP contribution in [0.4, 0.5) is 16.2 Å². The van der Waals surface area contributed by atoms with Crippen LogP contribution in [0.1, 0.15) is 47.8 Å². The van der Waals surface area contributed by atoms with E-state index in [4.69, 9.17) is 9.26 Å². The molecule has 2 aliphatic rings. The molecule has 3 amide bonds. The summed E-state index contributed by atoms with van der Waals surface area (Å²) < 4.78 is 10.7. The van der Waals surface area contributed by atoms with Crippen LogP contribution in [-0.4, -0.2) is 36.4 Å². The Morgan fingerprint density at radius 3 is 2.48 bits per heavy atom. The Bertz CT molecular complexity index is 807. The molecule has 1 saturated carbocycles. The molecule has 1 aromatic heterocycles. The van der Waals surface area contributed by atoms with Crippen molar-refractivity contribution in [2.24, 2.45) is 0 Å². The van der Waals surface area contributed by atoms with Gasteiger partial charge in [0.1, 0.15) is 5.76 Å². The molecule has 4 rings (SSSR count). The van der Waals surface area contributed by atoms with Crippen molar-refractivity contribution in [2.75, 3.05) is 23.8 Å². The molecule has 1 aliphatic heterocycles. The van der Waals surface area contributed by atoms with E-state index in [0.29, 0.717) is 23.8 Å². The number of nitrogens with zero attached hydrogens (tertiary/aromatic N) is 1. The lowest BCUT2D eigenvalue weighted by Crippen LogP contribution is -2.35. The number of aromatic nitrogens is 1. The largest absolute Gasteiger partial charge is 0.376 e. The molecular weight excluding hydrogens is 348 g/mol. The van der Waals surface area contributed by atoms with Crippen molar-refractivity contribution in [2.45, 2.75) is 37.7 Å². The van der Waals surface area contributed by atoms with Crippen molar-refractivity contribution >= 4 is 23.3 Å². The summed E-state index contributed by atoms with van der Waals surface area (Å²) in [5.74, 6) is 0.866. The predicted octanol–water partition coefficient (Wildman–Crippen LogP) is 3.10. The Morgan fingerprint density at radius 1 is 1.07 bits per heavy atom. The van der Waals surface area contributed by atoms with E-state index in [1.165, 1.54) is 0 Å². The van der Waals surface area contributed by atoms with Gasteiger partial charge in [0.15, 0.2) is 5.69 Å². The summed E-state index contributed by atoms with van der Waals surface area (Å²) in [5, 5.41) is 12.1. The normalized spacial score (nSPS) is 18.9. The number of rotatable bonds is 6. The van der Waals surface area contributed by atoms with Crippen LogP contribution in [0.5, 0.6) is 0 Å². The van der Waals surface area contributed by atoms with Crippen LogP contribution in [0.2, 0.25) is 0 Å². The van der Waals surface area contributed by atoms with Crippen LogP contribution in [0.15, 0.2) is 34.9 Å². The first-order valence-electron chi connectivity index (χ1n) is 9.22. The molecule has 8 heteroatoms. The number of carbonyl (C=O) groups is 2. The highest BCUT2D eigenvalue weighted by Gasteiger charge is 2.28. The number of carbonyl (C=O) groups excluding carboxylic acids is 2. The minimum absolute atomic E-state index is 0.102. The third-order valence-electron chi connectivity index (χ3n) is 4.66. The maximum Gasteiger partial charge on any atom is 0.319 e. The lowest BCUT2D eigenvalue weighted by atomic mass is 10.2. The van der Waals surface area contributed by atoms with Crippen molar-refractivity contribution in [3.05, 3.63) is 41.8 Å². The van der Waals surface area contributed by atoms with Gasteiger partial charge in [0.2, 0.25) is 0 Å². The van der Waals surface area contributed by atoms with Gasteiger partial charge in [0.05, 0.1) is 6.10 Å². The number of ether oxygens (including phenoxy) is 1. The van der Waals surface area contributed by atoms with Crippen LogP contribution in [-0.2, 0) is 4.74 Å². The SMILES string of the molecule is O=C(NCC1CCCO1)Nc1ccc(NC(=O)c2cc(C3CC3)on2)cc1. The molecule has 2 aromatic rings. The van der Waals surface area contributed by atoms with Gasteiger partial charge in [-0.2, -0.15) is 0 Å². The summed E-state index contributed by atoms with van der Waals surface area (Å²) >= 11 is 0. The first-order valence-corrected chi connectivity index (χ1v) is 9.22. The summed E-state index contributed by atoms with van der Waals surface area (Å²) in [6.45, 7) is 1.26. The molecule has 1 unspecified atom stereocenters. The minimum atomic E-state index is -0.319. The second kappa shape index (κ2) is 7.79. The fourth-order valence-corrected chi connectivity index (χ4v) is 2.98. The topological polar surface area (TPSA) is 105 Å². The molecular formula is C19H22N4O4. The Labute approximate surface area is 156 Å². The van der Waals surface area contributed by atoms with E-state index in [1.54, 1.807) is 30.3 Å². The first-order chi connectivity index (χ1) is 13.2. The molecule has 2 heterocycles. The number of hydrogen-bond acceptors (Lipinski definition) is 5. The third kappa shape index (κ3) is 4.65. The van der Waals surface area contributed by atoms with Gasteiger partial charge in [-0.15, -0.1) is 0 Å². The van der Waals surface area contributed by atoms with Crippen LogP contribution in [0.25, 0.3) is 0 Å². The Hall–Kier alpha value is -2.87. The molecule has 1 aliphatic carbocycles. The average molecular weight is 370 g/mol. The van der Waals surface area contributed by atoms with Gasteiger partial charge in [-0.05, 0) is 49.9 Å². The van der Waals surface area contributed by atoms with Gasteiger partial charge < -0.3 is 25.2 Å². The second-order valence-corrected chi connectivity index (χ2v) is 6.89. The molecule has 0 bridgehead atoms. The molecule has 2 fully saturated rings. The zero-order chi connectivity index (χ0) is 18.6. The number of urea groups is 1. The van der Waals surface area contributed by atoms with Crippen molar-refractivity contribution in [1.82, 2.24) is 10.5 Å². The molecule has 3 N–H and O–H groups in total. The molecule has 27 heavy (non-hydrogen) atoms. The molecule has 1 aromatic carbocycles. The molecule has 8 nitrogen and oxygen atoms in total. The standard InChI is InChI=1S/C19H22N4O4/c24-18(16-10-17(27-23-16)12-3-4-12)21-13-5-7-14(8-6-13)22-19(25)20-11-15-2-1-9-26-15/h5-8,10,12,15H,1-4,9,11H2,(H,21,24)(H2,20,22,25). The van der Waals surface area contributed by atoms with Gasteiger partial charge in [-0.1, -0.05) is 5.16 Å². The van der Waals surface area contributed by atoms with E-state index < -0.39 is 0 Å². The molecule has 142 valence electrons. The Balaban J connectivity index is 1.26. The maximum absolute atomic E-state index is 12.2. The van der Waals surface area contributed by atoms with Gasteiger partial charge in [0.25, 0.3) is 5.91 Å². The van der Waals surface area contributed by atoms with Crippen molar-refractivity contribution in [1.29, 1.82) is 0 Å². The van der Waals surface area contributed by atoms with Crippen LogP contribution in [0, 0.1) is 0 Å². The number of benzene rings is 1. The Kier molecular flexibility index (Phi) is 5.06. The quantitative estimate of drug-likeness (QED) is 0.724. The zero-order valence-corrected chi connectivity index (χ0v) is 14.9. The number of hydrogen-bond donors (Lipinski definition) is 3. The molecule has 1 saturated heterocycles. The van der Waals surface area contributed by atoms with E-state index in [2.05, 4.69) is 21.1 Å². The molecule has 1 atom stereocenters. The number of nitrogens with one attached hydrogen (secondary N) is 3. The van der Waals surface area contributed by atoms with Crippen LogP contribution in [0.3, 0.4) is 0 Å². The van der Waals surface area contributed by atoms with Gasteiger partial charge >= 0.3 is 6.03 Å². The zero-order valence-electron chi connectivity index (χ0n) is 14.9. The van der Waals surface area contributed by atoms with Gasteiger partial charge in [-0.3, -0.25) is 4.79 Å². The maximum atomic E-state index is 12.2. The summed E-state index contributed by atoms with van der Waals surface area (Å²) in [4.78, 5) is 24.1. The van der Waals surface area contributed by atoms with E-state index in [1.807, 2.05) is 0 Å². The van der Waals surface area contributed by atoms with Crippen molar-refractivity contribution in [3.8, 4) is 0 Å². The second-order valence-electron chi connectivity index (χ2n) is 6.89. The van der Waals surface area contributed by atoms with E-state index in [-0.39, 0.29) is 23.7 Å². The summed E-state index contributed by atoms with van der Waals surface area (Å²) in [6, 6.07) is 8.29. The van der Waals surface area contributed by atoms with E-state index >= 15 is 0 Å². The lowest BCUT2D eigenvalue weighted by molar-refractivity contribution is 0.101.